The summed E-state index contributed by atoms with van der Waals surface area (Å²) in [7, 11) is 0. The lowest BCUT2D eigenvalue weighted by molar-refractivity contribution is -0.193. The number of amides is 1. The predicted octanol–water partition coefficient (Wildman–Crippen LogP) is 6.97. The van der Waals surface area contributed by atoms with E-state index in [4.69, 9.17) is 5.10 Å². The zero-order chi connectivity index (χ0) is 34.9. The summed E-state index contributed by atoms with van der Waals surface area (Å²) >= 11 is 0. The topological polar surface area (TPSA) is 84.3 Å². The van der Waals surface area contributed by atoms with Gasteiger partial charge in [-0.1, -0.05) is 67.1 Å². The quantitative estimate of drug-likeness (QED) is 0.175. The molecule has 2 aromatic carbocycles. The molecule has 0 bridgehead atoms. The number of likely N-dealkylation sites (tertiary alicyclic amines) is 1. The van der Waals surface area contributed by atoms with E-state index in [0.29, 0.717) is 5.92 Å². The monoisotopic (exact) mass is 678 g/mol. The van der Waals surface area contributed by atoms with Crippen molar-refractivity contribution in [2.75, 3.05) is 19.6 Å². The molecule has 1 atom stereocenters. The van der Waals surface area contributed by atoms with Gasteiger partial charge in [-0.2, -0.15) is 31.4 Å². The van der Waals surface area contributed by atoms with Crippen molar-refractivity contribution in [1.29, 1.82) is 0 Å². The number of benzene rings is 2. The van der Waals surface area contributed by atoms with Crippen LogP contribution in [0.25, 0.3) is 0 Å². The highest BCUT2D eigenvalue weighted by atomic mass is 19.4. The van der Waals surface area contributed by atoms with E-state index in [-0.39, 0.29) is 17.9 Å². The molecule has 2 fully saturated rings. The maximum Gasteiger partial charge on any atom is 0.458 e. The Morgan fingerprint density at radius 3 is 1.92 bits per heavy atom. The fraction of sp³-hybridized carbons (Fsp3) is 0.486. The maximum atomic E-state index is 12.7. The number of hydrogen-bond acceptors (Lipinski definition) is 5. The molecule has 5 rings (SSSR count). The van der Waals surface area contributed by atoms with E-state index >= 15 is 0 Å². The third kappa shape index (κ3) is 10.2. The van der Waals surface area contributed by atoms with Crippen molar-refractivity contribution in [3.8, 4) is 0 Å². The van der Waals surface area contributed by atoms with E-state index in [1.54, 1.807) is 0 Å². The molecule has 0 spiro atoms. The first kappa shape index (κ1) is 36.8. The molecule has 0 radical (unpaired) electrons. The molecule has 1 aromatic heterocycles. The van der Waals surface area contributed by atoms with Gasteiger partial charge in [0, 0.05) is 37.0 Å². The van der Waals surface area contributed by atoms with E-state index in [9.17, 15) is 40.7 Å². The van der Waals surface area contributed by atoms with Gasteiger partial charge in [0.2, 0.25) is 5.91 Å². The molecule has 260 valence electrons. The highest BCUT2D eigenvalue weighted by Gasteiger charge is 2.54. The fourth-order valence-corrected chi connectivity index (χ4v) is 5.95. The molecule has 3 aromatic rings. The Labute approximate surface area is 275 Å². The molecule has 1 amide bonds. The van der Waals surface area contributed by atoms with Gasteiger partial charge < -0.3 is 10.2 Å². The van der Waals surface area contributed by atoms with E-state index in [2.05, 4.69) is 82.5 Å². The minimum absolute atomic E-state index is 0.0964. The maximum absolute atomic E-state index is 12.7. The number of ketones is 2. The van der Waals surface area contributed by atoms with Crippen LogP contribution >= 0.6 is 0 Å². The Balaban J connectivity index is 0.000000371. The number of nitrogens with zero attached hydrogens (tertiary/aromatic N) is 3. The molecular weight excluding hydrogens is 638 g/mol. The SMILES string of the molecule is CCn1nc(Cc2ccccc2)cc1C1CCN(CC[C@H](NC(=O)C2CCC2)c2ccccc2)CC1.O=C(C(=O)C(F)(F)F)C(F)(F)F. The Kier molecular flexibility index (Phi) is 12.6. The van der Waals surface area contributed by atoms with Gasteiger partial charge >= 0.3 is 23.9 Å². The second-order valence-electron chi connectivity index (χ2n) is 12.2. The summed E-state index contributed by atoms with van der Waals surface area (Å²) in [5.41, 5.74) is 5.11. The summed E-state index contributed by atoms with van der Waals surface area (Å²) in [6.45, 7) is 6.34. The van der Waals surface area contributed by atoms with Crippen molar-refractivity contribution in [3.63, 3.8) is 0 Å². The summed E-state index contributed by atoms with van der Waals surface area (Å²) in [5, 5.41) is 8.30. The molecule has 7 nitrogen and oxygen atoms in total. The molecule has 48 heavy (non-hydrogen) atoms. The number of aromatic nitrogens is 2. The number of alkyl halides is 6. The van der Waals surface area contributed by atoms with Crippen LogP contribution in [-0.2, 0) is 27.3 Å². The van der Waals surface area contributed by atoms with Gasteiger partial charge in [0.25, 0.3) is 0 Å². The average molecular weight is 679 g/mol. The van der Waals surface area contributed by atoms with E-state index in [1.165, 1.54) is 41.8 Å². The first-order chi connectivity index (χ1) is 22.8. The van der Waals surface area contributed by atoms with Crippen molar-refractivity contribution in [1.82, 2.24) is 20.0 Å². The van der Waals surface area contributed by atoms with E-state index in [0.717, 1.165) is 51.9 Å². The van der Waals surface area contributed by atoms with Gasteiger partial charge in [0.1, 0.15) is 0 Å². The zero-order valence-electron chi connectivity index (χ0n) is 26.7. The third-order valence-corrected chi connectivity index (χ3v) is 8.84. The molecule has 2 heterocycles. The van der Waals surface area contributed by atoms with Crippen molar-refractivity contribution in [2.24, 2.45) is 5.92 Å². The smallest absolute Gasteiger partial charge is 0.349 e. The summed E-state index contributed by atoms with van der Waals surface area (Å²) in [6, 6.07) is 23.6. The number of carbonyl (C=O) groups excluding carboxylic acids is 3. The second-order valence-corrected chi connectivity index (χ2v) is 12.2. The summed E-state index contributed by atoms with van der Waals surface area (Å²) < 4.78 is 69.2. The van der Waals surface area contributed by atoms with Crippen LogP contribution in [0.4, 0.5) is 26.3 Å². The largest absolute Gasteiger partial charge is 0.458 e. The lowest BCUT2D eigenvalue weighted by Crippen LogP contribution is -2.39. The van der Waals surface area contributed by atoms with Gasteiger partial charge in [-0.05, 0) is 69.3 Å². The Morgan fingerprint density at radius 1 is 0.854 bits per heavy atom. The van der Waals surface area contributed by atoms with Crippen molar-refractivity contribution >= 4 is 17.5 Å². The van der Waals surface area contributed by atoms with Gasteiger partial charge in [-0.15, -0.1) is 0 Å². The summed E-state index contributed by atoms with van der Waals surface area (Å²) in [4.78, 5) is 34.5. The number of nitrogens with one attached hydrogen (secondary N) is 1. The second kappa shape index (κ2) is 16.4. The number of piperidine rings is 1. The standard InChI is InChI=1S/C31H40N4O.C4F6O2/c1-2-35-30(23-28(33-35)22-24-10-5-3-6-11-24)26-16-19-34(20-17-26)21-18-29(25-12-7-4-8-13-25)32-31(36)27-14-9-15-27;5-3(6,7)1(11)2(12)4(8,9)10/h3-8,10-13,23,26-27,29H,2,9,14-22H2,1H3,(H,32,36);/t29-;/m0./s1. The highest BCUT2D eigenvalue weighted by Crippen LogP contribution is 2.31. The molecule has 1 aliphatic heterocycles. The first-order valence-electron chi connectivity index (χ1n) is 16.2. The molecular formula is C35H40F6N4O3. The normalized spacial score (nSPS) is 16.7. The van der Waals surface area contributed by atoms with Crippen molar-refractivity contribution in [2.45, 2.75) is 82.7 Å². The van der Waals surface area contributed by atoms with Crippen LogP contribution in [0.5, 0.6) is 0 Å². The van der Waals surface area contributed by atoms with Crippen LogP contribution in [0.2, 0.25) is 0 Å². The molecule has 2 aliphatic rings. The average Bonchev–Trinajstić information content (AvgIpc) is 3.44. The number of hydrogen-bond donors (Lipinski definition) is 1. The number of aryl methyl sites for hydroxylation is 1. The molecule has 1 saturated heterocycles. The number of carbonyl (C=O) groups is 3. The Hall–Kier alpha value is -4.00. The van der Waals surface area contributed by atoms with Crippen molar-refractivity contribution < 1.29 is 40.7 Å². The Morgan fingerprint density at radius 2 is 1.42 bits per heavy atom. The minimum atomic E-state index is -5.77. The molecule has 0 unspecified atom stereocenters. The molecule has 1 N–H and O–H groups in total. The van der Waals surface area contributed by atoms with Crippen LogP contribution in [0, 0.1) is 5.92 Å². The predicted molar refractivity (Wildman–Crippen MR) is 167 cm³/mol. The van der Waals surface area contributed by atoms with Crippen LogP contribution in [-0.4, -0.2) is 64.1 Å². The number of rotatable bonds is 11. The fourth-order valence-electron chi connectivity index (χ4n) is 5.95. The van der Waals surface area contributed by atoms with Crippen LogP contribution in [0.3, 0.4) is 0 Å². The third-order valence-electron chi connectivity index (χ3n) is 8.84. The first-order valence-corrected chi connectivity index (χ1v) is 16.2. The highest BCUT2D eigenvalue weighted by molar-refractivity contribution is 6.41. The van der Waals surface area contributed by atoms with Crippen LogP contribution in [0.1, 0.15) is 79.9 Å². The summed E-state index contributed by atoms with van der Waals surface area (Å²) in [6.07, 6.45) is -4.08. The summed E-state index contributed by atoms with van der Waals surface area (Å²) in [5.74, 6) is -5.78. The van der Waals surface area contributed by atoms with E-state index < -0.39 is 23.9 Å². The molecule has 1 saturated carbocycles. The van der Waals surface area contributed by atoms with Gasteiger partial charge in [0.05, 0.1) is 11.7 Å². The number of halogens is 6. The van der Waals surface area contributed by atoms with Crippen LogP contribution in [0.15, 0.2) is 66.7 Å². The zero-order valence-corrected chi connectivity index (χ0v) is 26.7. The van der Waals surface area contributed by atoms with Gasteiger partial charge in [-0.25, -0.2) is 0 Å². The lowest BCUT2D eigenvalue weighted by atomic mass is 9.84. The molecule has 1 aliphatic carbocycles. The lowest BCUT2D eigenvalue weighted by Gasteiger charge is -2.34. The number of Topliss-reactive ketones (excluding diaryl/α,β-unsaturated/α-hetero) is 2. The molecule has 13 heteroatoms. The minimum Gasteiger partial charge on any atom is -0.349 e. The van der Waals surface area contributed by atoms with Crippen molar-refractivity contribution in [3.05, 3.63) is 89.2 Å². The van der Waals surface area contributed by atoms with Crippen LogP contribution < -0.4 is 5.32 Å². The van der Waals surface area contributed by atoms with Gasteiger partial charge in [0.15, 0.2) is 0 Å². The van der Waals surface area contributed by atoms with E-state index in [1.807, 2.05) is 6.07 Å². The van der Waals surface area contributed by atoms with Gasteiger partial charge in [-0.3, -0.25) is 19.1 Å². The Bertz CT molecular complexity index is 1470.